The van der Waals surface area contributed by atoms with Gasteiger partial charge in [0.15, 0.2) is 0 Å². The second-order valence-corrected chi connectivity index (χ2v) is 6.61. The zero-order chi connectivity index (χ0) is 19.8. The second kappa shape index (κ2) is 9.87. The number of aromatic amines is 1. The fraction of sp³-hybridized carbons (Fsp3) is 0.350. The molecule has 7 heteroatoms. The molecule has 0 spiro atoms. The first kappa shape index (κ1) is 20.6. The number of benzene rings is 1. The molecule has 1 atom stereocenters. The molecule has 6 nitrogen and oxygen atoms in total. The predicted molar refractivity (Wildman–Crippen MR) is 108 cm³/mol. The molecule has 2 rings (SSSR count). The van der Waals surface area contributed by atoms with Crippen LogP contribution in [0.4, 0.5) is 5.69 Å². The summed E-state index contributed by atoms with van der Waals surface area (Å²) >= 11 is 5.54. The second-order valence-electron chi connectivity index (χ2n) is 6.17. The summed E-state index contributed by atoms with van der Waals surface area (Å²) in [4.78, 5) is 26.9. The lowest BCUT2D eigenvalue weighted by molar-refractivity contribution is -0.117. The molecule has 1 unspecified atom stereocenters. The number of H-pyrrole nitrogens is 1. The van der Waals surface area contributed by atoms with Gasteiger partial charge in [0.2, 0.25) is 0 Å². The summed E-state index contributed by atoms with van der Waals surface area (Å²) in [5.41, 5.74) is 2.03. The van der Waals surface area contributed by atoms with Gasteiger partial charge in [-0.3, -0.25) is 0 Å². The Balaban J connectivity index is 2.10. The first-order chi connectivity index (χ1) is 12.9. The summed E-state index contributed by atoms with van der Waals surface area (Å²) in [6.07, 6.45) is 2.59. The van der Waals surface area contributed by atoms with Crippen LogP contribution in [0.25, 0.3) is 0 Å². The fourth-order valence-electron chi connectivity index (χ4n) is 2.73. The van der Waals surface area contributed by atoms with Crippen molar-refractivity contribution in [3.05, 3.63) is 47.8 Å². The Hall–Kier alpha value is -2.67. The van der Waals surface area contributed by atoms with E-state index in [4.69, 9.17) is 21.7 Å². The van der Waals surface area contributed by atoms with Crippen LogP contribution in [-0.4, -0.2) is 35.4 Å². The first-order valence-corrected chi connectivity index (χ1v) is 9.12. The molecule has 144 valence electrons. The van der Waals surface area contributed by atoms with Crippen LogP contribution in [0.2, 0.25) is 0 Å². The van der Waals surface area contributed by atoms with Gasteiger partial charge in [-0.2, -0.15) is 0 Å². The van der Waals surface area contributed by atoms with E-state index in [2.05, 4.69) is 10.3 Å². The number of anilines is 1. The van der Waals surface area contributed by atoms with Gasteiger partial charge in [-0.1, -0.05) is 24.4 Å². The van der Waals surface area contributed by atoms with Crippen LogP contribution in [0.3, 0.4) is 0 Å². The third kappa shape index (κ3) is 6.21. The third-order valence-electron chi connectivity index (χ3n) is 3.97. The SMILES string of the molecule is CCOC(=O)c1cc(NC(=S)C(CC(C)=O)Cc2cccc(OC)c2)c[nH]1. The predicted octanol–water partition coefficient (Wildman–Crippen LogP) is 3.78. The quantitative estimate of drug-likeness (QED) is 0.503. The Morgan fingerprint density at radius 3 is 2.74 bits per heavy atom. The molecule has 0 aliphatic rings. The molecule has 0 saturated heterocycles. The summed E-state index contributed by atoms with van der Waals surface area (Å²) in [7, 11) is 1.62. The van der Waals surface area contributed by atoms with Gasteiger partial charge in [0.05, 0.1) is 24.4 Å². The smallest absolute Gasteiger partial charge is 0.354 e. The average molecular weight is 388 g/mol. The van der Waals surface area contributed by atoms with E-state index in [1.54, 1.807) is 33.2 Å². The van der Waals surface area contributed by atoms with Gasteiger partial charge in [0.1, 0.15) is 17.2 Å². The van der Waals surface area contributed by atoms with Crippen LogP contribution >= 0.6 is 12.2 Å². The molecule has 0 saturated carbocycles. The van der Waals surface area contributed by atoms with Crippen molar-refractivity contribution in [1.29, 1.82) is 0 Å². The molecule has 1 aromatic heterocycles. The van der Waals surface area contributed by atoms with Crippen molar-refractivity contribution >= 4 is 34.6 Å². The van der Waals surface area contributed by atoms with Gasteiger partial charge < -0.3 is 24.6 Å². The lowest BCUT2D eigenvalue weighted by Gasteiger charge is -2.18. The van der Waals surface area contributed by atoms with E-state index in [1.807, 2.05) is 24.3 Å². The van der Waals surface area contributed by atoms with Crippen molar-refractivity contribution in [3.8, 4) is 5.75 Å². The van der Waals surface area contributed by atoms with Gasteiger partial charge in [-0.25, -0.2) is 4.79 Å². The minimum absolute atomic E-state index is 0.0633. The Bertz CT molecular complexity index is 816. The molecule has 27 heavy (non-hydrogen) atoms. The van der Waals surface area contributed by atoms with E-state index in [-0.39, 0.29) is 11.7 Å². The Morgan fingerprint density at radius 1 is 1.30 bits per heavy atom. The highest BCUT2D eigenvalue weighted by Gasteiger charge is 2.19. The number of methoxy groups -OCH3 is 1. The van der Waals surface area contributed by atoms with Gasteiger partial charge >= 0.3 is 5.97 Å². The number of ketones is 1. The fourth-order valence-corrected chi connectivity index (χ4v) is 3.01. The van der Waals surface area contributed by atoms with Crippen LogP contribution in [-0.2, 0) is 16.0 Å². The summed E-state index contributed by atoms with van der Waals surface area (Å²) < 4.78 is 10.2. The number of aromatic nitrogens is 1. The first-order valence-electron chi connectivity index (χ1n) is 8.71. The molecule has 1 aromatic carbocycles. The minimum atomic E-state index is -0.423. The Morgan fingerprint density at radius 2 is 2.07 bits per heavy atom. The molecule has 0 radical (unpaired) electrons. The van der Waals surface area contributed by atoms with Crippen LogP contribution in [0.5, 0.6) is 5.75 Å². The molecule has 2 N–H and O–H groups in total. The molecule has 1 heterocycles. The molecule has 0 amide bonds. The van der Waals surface area contributed by atoms with Crippen molar-refractivity contribution in [2.24, 2.45) is 5.92 Å². The topological polar surface area (TPSA) is 80.4 Å². The largest absolute Gasteiger partial charge is 0.497 e. The van der Waals surface area contributed by atoms with Crippen molar-refractivity contribution in [2.75, 3.05) is 19.0 Å². The van der Waals surface area contributed by atoms with Crippen molar-refractivity contribution in [3.63, 3.8) is 0 Å². The van der Waals surface area contributed by atoms with Gasteiger partial charge in [-0.05, 0) is 44.0 Å². The minimum Gasteiger partial charge on any atom is -0.497 e. The maximum absolute atomic E-state index is 11.8. The molecular weight excluding hydrogens is 364 g/mol. The van der Waals surface area contributed by atoms with Crippen LogP contribution in [0.15, 0.2) is 36.5 Å². The third-order valence-corrected chi connectivity index (χ3v) is 4.40. The number of carbonyl (C=O) groups is 2. The van der Waals surface area contributed by atoms with E-state index < -0.39 is 5.97 Å². The van der Waals surface area contributed by atoms with E-state index in [0.29, 0.717) is 35.8 Å². The summed E-state index contributed by atoms with van der Waals surface area (Å²) in [5.74, 6) is 0.240. The zero-order valence-electron chi connectivity index (χ0n) is 15.7. The van der Waals surface area contributed by atoms with E-state index in [9.17, 15) is 9.59 Å². The maximum Gasteiger partial charge on any atom is 0.354 e. The van der Waals surface area contributed by atoms with Crippen molar-refractivity contribution in [1.82, 2.24) is 4.98 Å². The highest BCUT2D eigenvalue weighted by atomic mass is 32.1. The monoisotopic (exact) mass is 388 g/mol. The number of rotatable bonds is 9. The van der Waals surface area contributed by atoms with E-state index in [0.717, 1.165) is 11.3 Å². The number of Topliss-reactive ketones (excluding diaryl/α,β-unsaturated/α-hetero) is 1. The molecule has 0 aliphatic carbocycles. The lowest BCUT2D eigenvalue weighted by Crippen LogP contribution is -2.24. The van der Waals surface area contributed by atoms with Gasteiger partial charge in [-0.15, -0.1) is 0 Å². The van der Waals surface area contributed by atoms with Crippen LogP contribution < -0.4 is 10.1 Å². The van der Waals surface area contributed by atoms with Crippen molar-refractivity contribution < 1.29 is 19.1 Å². The number of thiocarbonyl (C=S) groups is 1. The van der Waals surface area contributed by atoms with E-state index in [1.165, 1.54) is 0 Å². The highest BCUT2D eigenvalue weighted by Crippen LogP contribution is 2.21. The molecule has 0 bridgehead atoms. The molecule has 2 aromatic rings. The Kier molecular flexibility index (Phi) is 7.55. The zero-order valence-corrected chi connectivity index (χ0v) is 16.5. The van der Waals surface area contributed by atoms with Crippen molar-refractivity contribution in [2.45, 2.75) is 26.7 Å². The van der Waals surface area contributed by atoms with Gasteiger partial charge in [0.25, 0.3) is 0 Å². The maximum atomic E-state index is 11.8. The number of hydrogen-bond acceptors (Lipinski definition) is 5. The van der Waals surface area contributed by atoms with Crippen LogP contribution in [0, 0.1) is 5.92 Å². The number of esters is 1. The number of ether oxygens (including phenoxy) is 2. The standard InChI is InChI=1S/C20H24N2O4S/c1-4-26-20(24)18-11-16(12-21-18)22-19(27)15(8-13(2)23)9-14-6-5-7-17(10-14)25-3/h5-7,10-12,15,21H,4,8-9H2,1-3H3,(H,22,27). The lowest BCUT2D eigenvalue weighted by atomic mass is 9.94. The molecule has 0 aliphatic heterocycles. The van der Waals surface area contributed by atoms with E-state index >= 15 is 0 Å². The highest BCUT2D eigenvalue weighted by molar-refractivity contribution is 7.80. The summed E-state index contributed by atoms with van der Waals surface area (Å²) in [5, 5.41) is 3.12. The molecular formula is C20H24N2O4S. The number of nitrogens with one attached hydrogen (secondary N) is 2. The van der Waals surface area contributed by atoms with Crippen LogP contribution in [0.1, 0.15) is 36.3 Å². The normalized spacial score (nSPS) is 11.5. The van der Waals surface area contributed by atoms with Gasteiger partial charge in [0, 0.05) is 18.5 Å². The summed E-state index contributed by atoms with van der Waals surface area (Å²) in [6.45, 7) is 3.61. The number of hydrogen-bond donors (Lipinski definition) is 2. The molecule has 0 fully saturated rings. The Labute approximate surface area is 164 Å². The summed E-state index contributed by atoms with van der Waals surface area (Å²) in [6, 6.07) is 9.34. The average Bonchev–Trinajstić information content (AvgIpc) is 3.10. The number of carbonyl (C=O) groups excluding carboxylic acids is 2.